The molecule has 0 aliphatic heterocycles. The molecule has 18 heavy (non-hydrogen) atoms. The fourth-order valence-electron chi connectivity index (χ4n) is 3.36. The lowest BCUT2D eigenvalue weighted by atomic mass is 9.95. The van der Waals surface area contributed by atoms with Gasteiger partial charge in [0.2, 0.25) is 0 Å². The van der Waals surface area contributed by atoms with Gasteiger partial charge in [0.25, 0.3) is 5.91 Å². The first-order valence-electron chi connectivity index (χ1n) is 6.49. The summed E-state index contributed by atoms with van der Waals surface area (Å²) in [5.74, 6) is 1.48. The largest absolute Gasteiger partial charge is 0.398 e. The zero-order valence-electron chi connectivity index (χ0n) is 10.2. The van der Waals surface area contributed by atoms with Crippen molar-refractivity contribution in [3.8, 4) is 0 Å². The molecule has 2 bridgehead atoms. The van der Waals surface area contributed by atoms with E-state index in [1.807, 2.05) is 0 Å². The van der Waals surface area contributed by atoms with Crippen LogP contribution in [0.15, 0.2) is 18.2 Å². The SMILES string of the molecule is Nc1cc(C(=O)NC2CC3CCC2C3)ccc1Cl. The Labute approximate surface area is 112 Å². The molecule has 3 N–H and O–H groups in total. The fraction of sp³-hybridized carbons (Fsp3) is 0.500. The first-order chi connectivity index (χ1) is 8.63. The number of benzene rings is 1. The van der Waals surface area contributed by atoms with E-state index in [2.05, 4.69) is 5.32 Å². The van der Waals surface area contributed by atoms with Gasteiger partial charge < -0.3 is 11.1 Å². The van der Waals surface area contributed by atoms with Crippen molar-refractivity contribution in [3.05, 3.63) is 28.8 Å². The summed E-state index contributed by atoms with van der Waals surface area (Å²) in [5, 5.41) is 3.63. The zero-order valence-corrected chi connectivity index (χ0v) is 10.9. The van der Waals surface area contributed by atoms with Crippen LogP contribution in [-0.4, -0.2) is 11.9 Å². The van der Waals surface area contributed by atoms with Gasteiger partial charge in [0, 0.05) is 11.6 Å². The Morgan fingerprint density at radius 3 is 2.78 bits per heavy atom. The number of halogens is 1. The van der Waals surface area contributed by atoms with Crippen LogP contribution in [0.25, 0.3) is 0 Å². The number of carbonyl (C=O) groups is 1. The van der Waals surface area contributed by atoms with Crippen molar-refractivity contribution in [2.75, 3.05) is 5.73 Å². The van der Waals surface area contributed by atoms with Crippen molar-refractivity contribution < 1.29 is 4.79 Å². The molecule has 96 valence electrons. The van der Waals surface area contributed by atoms with Crippen molar-refractivity contribution in [3.63, 3.8) is 0 Å². The van der Waals surface area contributed by atoms with Crippen molar-refractivity contribution >= 4 is 23.2 Å². The maximum atomic E-state index is 12.1. The Balaban J connectivity index is 1.69. The van der Waals surface area contributed by atoms with Crippen LogP contribution in [0.2, 0.25) is 5.02 Å². The van der Waals surface area contributed by atoms with Crippen LogP contribution >= 0.6 is 11.6 Å². The van der Waals surface area contributed by atoms with E-state index in [4.69, 9.17) is 17.3 Å². The van der Waals surface area contributed by atoms with Gasteiger partial charge in [-0.25, -0.2) is 0 Å². The molecule has 1 amide bonds. The summed E-state index contributed by atoms with van der Waals surface area (Å²) in [7, 11) is 0. The number of fused-ring (bicyclic) bond motifs is 2. The van der Waals surface area contributed by atoms with Crippen molar-refractivity contribution in [2.24, 2.45) is 11.8 Å². The Morgan fingerprint density at radius 1 is 1.33 bits per heavy atom. The Kier molecular flexibility index (Phi) is 2.94. The molecular formula is C14H17ClN2O. The summed E-state index contributed by atoms with van der Waals surface area (Å²) >= 11 is 5.85. The number of amides is 1. The topological polar surface area (TPSA) is 55.1 Å². The standard InChI is InChI=1S/C14H17ClN2O/c15-11-4-3-10(7-12(11)16)14(18)17-13-6-8-1-2-9(13)5-8/h3-4,7-9,13H,1-2,5-6,16H2,(H,17,18). The molecule has 1 aromatic carbocycles. The van der Waals surface area contributed by atoms with E-state index in [0.29, 0.717) is 28.2 Å². The van der Waals surface area contributed by atoms with E-state index in [9.17, 15) is 4.79 Å². The van der Waals surface area contributed by atoms with Gasteiger partial charge in [0.05, 0.1) is 10.7 Å². The fourth-order valence-corrected chi connectivity index (χ4v) is 3.48. The maximum Gasteiger partial charge on any atom is 0.251 e. The third-order valence-corrected chi connectivity index (χ3v) is 4.66. The Morgan fingerprint density at radius 2 is 2.17 bits per heavy atom. The van der Waals surface area contributed by atoms with Gasteiger partial charge in [-0.15, -0.1) is 0 Å². The van der Waals surface area contributed by atoms with Gasteiger partial charge in [-0.1, -0.05) is 18.0 Å². The summed E-state index contributed by atoms with van der Waals surface area (Å²) < 4.78 is 0. The van der Waals surface area contributed by atoms with Crippen molar-refractivity contribution in [1.29, 1.82) is 0 Å². The highest BCUT2D eigenvalue weighted by molar-refractivity contribution is 6.33. The normalized spacial score (nSPS) is 29.5. The number of nitrogen functional groups attached to an aromatic ring is 1. The van der Waals surface area contributed by atoms with Crippen LogP contribution < -0.4 is 11.1 Å². The number of anilines is 1. The van der Waals surface area contributed by atoms with Crippen LogP contribution in [0.5, 0.6) is 0 Å². The predicted octanol–water partition coefficient (Wildman–Crippen LogP) is 2.84. The lowest BCUT2D eigenvalue weighted by Crippen LogP contribution is -2.38. The minimum absolute atomic E-state index is 0.0316. The maximum absolute atomic E-state index is 12.1. The lowest BCUT2D eigenvalue weighted by Gasteiger charge is -2.23. The molecule has 2 saturated carbocycles. The zero-order chi connectivity index (χ0) is 12.7. The van der Waals surface area contributed by atoms with E-state index in [1.54, 1.807) is 18.2 Å². The molecule has 0 heterocycles. The highest BCUT2D eigenvalue weighted by atomic mass is 35.5. The number of nitrogens with two attached hydrogens (primary N) is 1. The first-order valence-corrected chi connectivity index (χ1v) is 6.87. The van der Waals surface area contributed by atoms with Gasteiger partial charge in [0.1, 0.15) is 0 Å². The van der Waals surface area contributed by atoms with Gasteiger partial charge in [-0.3, -0.25) is 4.79 Å². The summed E-state index contributed by atoms with van der Waals surface area (Å²) in [6, 6.07) is 5.40. The Hall–Kier alpha value is -1.22. The summed E-state index contributed by atoms with van der Waals surface area (Å²) in [5.41, 5.74) is 6.77. The third kappa shape index (κ3) is 2.07. The van der Waals surface area contributed by atoms with Crippen LogP contribution in [-0.2, 0) is 0 Å². The van der Waals surface area contributed by atoms with Crippen molar-refractivity contribution in [1.82, 2.24) is 5.32 Å². The van der Waals surface area contributed by atoms with Gasteiger partial charge >= 0.3 is 0 Å². The molecule has 3 unspecified atom stereocenters. The average Bonchev–Trinajstić information content (AvgIpc) is 2.94. The lowest BCUT2D eigenvalue weighted by molar-refractivity contribution is 0.0923. The molecule has 2 aliphatic carbocycles. The molecule has 2 fully saturated rings. The van der Waals surface area contributed by atoms with E-state index < -0.39 is 0 Å². The highest BCUT2D eigenvalue weighted by Gasteiger charge is 2.40. The van der Waals surface area contributed by atoms with E-state index in [0.717, 1.165) is 12.3 Å². The van der Waals surface area contributed by atoms with Gasteiger partial charge in [-0.2, -0.15) is 0 Å². The van der Waals surface area contributed by atoms with E-state index in [-0.39, 0.29) is 5.91 Å². The van der Waals surface area contributed by atoms with E-state index >= 15 is 0 Å². The van der Waals surface area contributed by atoms with Crippen LogP contribution in [0.3, 0.4) is 0 Å². The second-order valence-electron chi connectivity index (χ2n) is 5.49. The Bertz CT molecular complexity index is 489. The number of hydrogen-bond acceptors (Lipinski definition) is 2. The predicted molar refractivity (Wildman–Crippen MR) is 72.6 cm³/mol. The smallest absolute Gasteiger partial charge is 0.251 e. The number of rotatable bonds is 2. The third-order valence-electron chi connectivity index (χ3n) is 4.31. The second-order valence-corrected chi connectivity index (χ2v) is 5.90. The minimum atomic E-state index is -0.0316. The monoisotopic (exact) mass is 264 g/mol. The summed E-state index contributed by atoms with van der Waals surface area (Å²) in [6.45, 7) is 0. The van der Waals surface area contributed by atoms with Crippen LogP contribution in [0.4, 0.5) is 5.69 Å². The van der Waals surface area contributed by atoms with E-state index in [1.165, 1.54) is 19.3 Å². The number of carbonyl (C=O) groups excluding carboxylic acids is 1. The van der Waals surface area contributed by atoms with Crippen LogP contribution in [0, 0.1) is 11.8 Å². The minimum Gasteiger partial charge on any atom is -0.398 e. The molecule has 0 radical (unpaired) electrons. The second kappa shape index (κ2) is 4.47. The molecule has 0 aromatic heterocycles. The molecular weight excluding hydrogens is 248 g/mol. The van der Waals surface area contributed by atoms with Gasteiger partial charge in [0.15, 0.2) is 0 Å². The molecule has 1 aromatic rings. The molecule has 3 atom stereocenters. The highest BCUT2D eigenvalue weighted by Crippen LogP contribution is 2.44. The molecule has 0 saturated heterocycles. The quantitative estimate of drug-likeness (QED) is 0.807. The molecule has 3 nitrogen and oxygen atoms in total. The first kappa shape index (κ1) is 11.8. The molecule has 3 rings (SSSR count). The molecule has 0 spiro atoms. The summed E-state index contributed by atoms with van der Waals surface area (Å²) in [4.78, 5) is 12.1. The number of hydrogen-bond donors (Lipinski definition) is 2. The summed E-state index contributed by atoms with van der Waals surface area (Å²) in [6.07, 6.45) is 5.02. The molecule has 2 aliphatic rings. The molecule has 4 heteroatoms. The van der Waals surface area contributed by atoms with Gasteiger partial charge in [-0.05, 0) is 49.3 Å². The average molecular weight is 265 g/mol. The van der Waals surface area contributed by atoms with Crippen molar-refractivity contribution in [2.45, 2.75) is 31.7 Å². The number of nitrogens with one attached hydrogen (secondary N) is 1. The van der Waals surface area contributed by atoms with Crippen LogP contribution in [0.1, 0.15) is 36.0 Å².